The molecule has 0 unspecified atom stereocenters. The number of nitrogens with one attached hydrogen (secondary N) is 2. The first-order chi connectivity index (χ1) is 14.4. The Bertz CT molecular complexity index is 950. The lowest BCUT2D eigenvalue weighted by atomic mass is 10.0. The summed E-state index contributed by atoms with van der Waals surface area (Å²) in [5, 5.41) is 3.07. The van der Waals surface area contributed by atoms with E-state index in [2.05, 4.69) is 21.9 Å². The van der Waals surface area contributed by atoms with Crippen molar-refractivity contribution in [1.82, 2.24) is 10.2 Å². The van der Waals surface area contributed by atoms with E-state index < -0.39 is 10.0 Å². The SMILES string of the molecule is CCCCN1CCC(NC(=O)c2cccc(S(=O)(=O)Nc3ccc(C)cc3)c2)CC1. The molecule has 3 rings (SSSR count). The van der Waals surface area contributed by atoms with Crippen molar-refractivity contribution < 1.29 is 13.2 Å². The number of nitrogens with zero attached hydrogens (tertiary/aromatic N) is 1. The predicted molar refractivity (Wildman–Crippen MR) is 120 cm³/mol. The van der Waals surface area contributed by atoms with Gasteiger partial charge in [-0.2, -0.15) is 0 Å². The Hall–Kier alpha value is -2.38. The molecule has 0 saturated carbocycles. The second-order valence-corrected chi connectivity index (χ2v) is 9.62. The molecular formula is C23H31N3O3S. The Labute approximate surface area is 179 Å². The summed E-state index contributed by atoms with van der Waals surface area (Å²) in [7, 11) is -3.77. The maximum absolute atomic E-state index is 12.7. The molecular weight excluding hydrogens is 398 g/mol. The lowest BCUT2D eigenvalue weighted by Gasteiger charge is -2.32. The van der Waals surface area contributed by atoms with E-state index in [1.165, 1.54) is 25.0 Å². The molecule has 0 spiro atoms. The van der Waals surface area contributed by atoms with Gasteiger partial charge < -0.3 is 10.2 Å². The summed E-state index contributed by atoms with van der Waals surface area (Å²) in [4.78, 5) is 15.2. The zero-order valence-electron chi connectivity index (χ0n) is 17.7. The van der Waals surface area contributed by atoms with Crippen LogP contribution in [0.4, 0.5) is 5.69 Å². The van der Waals surface area contributed by atoms with Gasteiger partial charge in [0.15, 0.2) is 0 Å². The third-order valence-electron chi connectivity index (χ3n) is 5.46. The number of likely N-dealkylation sites (tertiary alicyclic amines) is 1. The van der Waals surface area contributed by atoms with E-state index in [4.69, 9.17) is 0 Å². The highest BCUT2D eigenvalue weighted by Gasteiger charge is 2.22. The molecule has 0 bridgehead atoms. The summed E-state index contributed by atoms with van der Waals surface area (Å²) in [5.74, 6) is -0.227. The highest BCUT2D eigenvalue weighted by Crippen LogP contribution is 2.18. The zero-order valence-corrected chi connectivity index (χ0v) is 18.5. The molecule has 7 heteroatoms. The van der Waals surface area contributed by atoms with Gasteiger partial charge in [0.05, 0.1) is 4.90 Å². The molecule has 0 radical (unpaired) electrons. The average Bonchev–Trinajstić information content (AvgIpc) is 2.75. The minimum atomic E-state index is -3.77. The van der Waals surface area contributed by atoms with Gasteiger partial charge in [0.2, 0.25) is 0 Å². The van der Waals surface area contributed by atoms with Gasteiger partial charge in [-0.25, -0.2) is 8.42 Å². The number of benzene rings is 2. The number of anilines is 1. The first-order valence-electron chi connectivity index (χ1n) is 10.6. The van der Waals surface area contributed by atoms with Crippen molar-refractivity contribution in [3.8, 4) is 0 Å². The van der Waals surface area contributed by atoms with E-state index in [-0.39, 0.29) is 16.8 Å². The average molecular weight is 430 g/mol. The minimum Gasteiger partial charge on any atom is -0.349 e. The molecule has 6 nitrogen and oxygen atoms in total. The van der Waals surface area contributed by atoms with E-state index >= 15 is 0 Å². The van der Waals surface area contributed by atoms with Crippen molar-refractivity contribution in [3.63, 3.8) is 0 Å². The molecule has 2 aromatic rings. The van der Waals surface area contributed by atoms with Crippen LogP contribution >= 0.6 is 0 Å². The van der Waals surface area contributed by atoms with Gasteiger partial charge in [-0.3, -0.25) is 9.52 Å². The Kier molecular flexibility index (Phi) is 7.50. The van der Waals surface area contributed by atoms with Gasteiger partial charge in [0.25, 0.3) is 15.9 Å². The Morgan fingerprint density at radius 3 is 2.47 bits per heavy atom. The van der Waals surface area contributed by atoms with Crippen LogP contribution in [0.25, 0.3) is 0 Å². The Morgan fingerprint density at radius 1 is 1.10 bits per heavy atom. The van der Waals surface area contributed by atoms with E-state index in [1.54, 1.807) is 24.3 Å². The first kappa shape index (κ1) is 22.3. The van der Waals surface area contributed by atoms with Crippen LogP contribution in [0, 0.1) is 6.92 Å². The third-order valence-corrected chi connectivity index (χ3v) is 6.84. The van der Waals surface area contributed by atoms with Crippen LogP contribution in [-0.2, 0) is 10.0 Å². The van der Waals surface area contributed by atoms with Gasteiger partial charge >= 0.3 is 0 Å². The van der Waals surface area contributed by atoms with Gasteiger partial charge in [-0.1, -0.05) is 37.1 Å². The van der Waals surface area contributed by atoms with Crippen molar-refractivity contribution in [2.75, 3.05) is 24.4 Å². The molecule has 2 aromatic carbocycles. The number of sulfonamides is 1. The van der Waals surface area contributed by atoms with Gasteiger partial charge in [-0.15, -0.1) is 0 Å². The molecule has 0 aromatic heterocycles. The monoisotopic (exact) mass is 429 g/mol. The number of hydrogen-bond acceptors (Lipinski definition) is 4. The summed E-state index contributed by atoms with van der Waals surface area (Å²) >= 11 is 0. The number of unbranched alkanes of at least 4 members (excludes halogenated alkanes) is 1. The maximum Gasteiger partial charge on any atom is 0.261 e. The lowest BCUT2D eigenvalue weighted by Crippen LogP contribution is -2.44. The van der Waals surface area contributed by atoms with Crippen LogP contribution in [0.15, 0.2) is 53.4 Å². The standard InChI is InChI=1S/C23H31N3O3S/c1-3-4-14-26-15-12-20(13-16-26)24-23(27)19-6-5-7-22(17-19)30(28,29)25-21-10-8-18(2)9-11-21/h5-11,17,20,25H,3-4,12-16H2,1-2H3,(H,24,27). The largest absolute Gasteiger partial charge is 0.349 e. The van der Waals surface area contributed by atoms with Crippen molar-refractivity contribution in [1.29, 1.82) is 0 Å². The van der Waals surface area contributed by atoms with Crippen molar-refractivity contribution >= 4 is 21.6 Å². The highest BCUT2D eigenvalue weighted by molar-refractivity contribution is 7.92. The molecule has 1 aliphatic rings. The molecule has 1 fully saturated rings. The normalized spacial score (nSPS) is 15.7. The summed E-state index contributed by atoms with van der Waals surface area (Å²) < 4.78 is 28.0. The van der Waals surface area contributed by atoms with E-state index in [1.807, 2.05) is 19.1 Å². The molecule has 0 atom stereocenters. The Balaban J connectivity index is 1.62. The summed E-state index contributed by atoms with van der Waals surface area (Å²) in [6.45, 7) is 7.22. The van der Waals surface area contributed by atoms with Crippen LogP contribution < -0.4 is 10.0 Å². The zero-order chi connectivity index (χ0) is 21.6. The van der Waals surface area contributed by atoms with Crippen LogP contribution in [0.1, 0.15) is 48.5 Å². The second kappa shape index (κ2) is 10.1. The first-order valence-corrected chi connectivity index (χ1v) is 12.1. The summed E-state index contributed by atoms with van der Waals surface area (Å²) in [6.07, 6.45) is 4.23. The van der Waals surface area contributed by atoms with Crippen LogP contribution in [0.5, 0.6) is 0 Å². The lowest BCUT2D eigenvalue weighted by molar-refractivity contribution is 0.0910. The second-order valence-electron chi connectivity index (χ2n) is 7.94. The number of piperidine rings is 1. The number of amides is 1. The quantitative estimate of drug-likeness (QED) is 0.669. The smallest absolute Gasteiger partial charge is 0.261 e. The van der Waals surface area contributed by atoms with E-state index in [0.29, 0.717) is 11.3 Å². The molecule has 0 aliphatic carbocycles. The maximum atomic E-state index is 12.7. The van der Waals surface area contributed by atoms with Crippen molar-refractivity contribution in [2.45, 2.75) is 50.5 Å². The topological polar surface area (TPSA) is 78.5 Å². The molecule has 2 N–H and O–H groups in total. The number of rotatable bonds is 8. The fourth-order valence-electron chi connectivity index (χ4n) is 3.59. The Morgan fingerprint density at radius 2 is 1.80 bits per heavy atom. The van der Waals surface area contributed by atoms with Gasteiger partial charge in [-0.05, 0) is 63.1 Å². The van der Waals surface area contributed by atoms with E-state index in [9.17, 15) is 13.2 Å². The summed E-state index contributed by atoms with van der Waals surface area (Å²) in [5.41, 5.74) is 1.90. The van der Waals surface area contributed by atoms with Crippen molar-refractivity contribution in [2.24, 2.45) is 0 Å². The fourth-order valence-corrected chi connectivity index (χ4v) is 4.70. The number of carbonyl (C=O) groups is 1. The van der Waals surface area contributed by atoms with Crippen LogP contribution in [0.2, 0.25) is 0 Å². The molecule has 1 heterocycles. The number of hydrogen-bond donors (Lipinski definition) is 2. The fraction of sp³-hybridized carbons (Fsp3) is 0.435. The predicted octanol–water partition coefficient (Wildman–Crippen LogP) is 3.79. The molecule has 1 saturated heterocycles. The third kappa shape index (κ3) is 6.06. The van der Waals surface area contributed by atoms with Gasteiger partial charge in [0, 0.05) is 30.4 Å². The molecule has 1 amide bonds. The minimum absolute atomic E-state index is 0.0742. The molecule has 162 valence electrons. The molecule has 30 heavy (non-hydrogen) atoms. The number of carbonyl (C=O) groups excluding carboxylic acids is 1. The molecule has 1 aliphatic heterocycles. The van der Waals surface area contributed by atoms with E-state index in [0.717, 1.165) is 38.0 Å². The van der Waals surface area contributed by atoms with Crippen LogP contribution in [0.3, 0.4) is 0 Å². The van der Waals surface area contributed by atoms with Crippen LogP contribution in [-0.4, -0.2) is 44.9 Å². The van der Waals surface area contributed by atoms with Gasteiger partial charge in [0.1, 0.15) is 0 Å². The summed E-state index contributed by atoms with van der Waals surface area (Å²) in [6, 6.07) is 13.4. The van der Waals surface area contributed by atoms with Crippen molar-refractivity contribution in [3.05, 3.63) is 59.7 Å². The number of aryl methyl sites for hydroxylation is 1. The highest BCUT2D eigenvalue weighted by atomic mass is 32.2.